The van der Waals surface area contributed by atoms with E-state index in [0.29, 0.717) is 11.1 Å². The summed E-state index contributed by atoms with van der Waals surface area (Å²) in [6.45, 7) is 8.25. The summed E-state index contributed by atoms with van der Waals surface area (Å²) in [5.74, 6) is 0.863. The van der Waals surface area contributed by atoms with E-state index in [4.69, 9.17) is 4.42 Å². The summed E-state index contributed by atoms with van der Waals surface area (Å²) in [5.41, 5.74) is 0.870. The normalized spacial score (nSPS) is 20.2. The van der Waals surface area contributed by atoms with Crippen LogP contribution in [0.3, 0.4) is 0 Å². The first-order valence-electron chi connectivity index (χ1n) is 8.33. The van der Waals surface area contributed by atoms with Crippen molar-refractivity contribution in [2.75, 3.05) is 26.2 Å². The Kier molecular flexibility index (Phi) is 4.28. The number of pyridine rings is 1. The van der Waals surface area contributed by atoms with Gasteiger partial charge in [0.1, 0.15) is 11.5 Å². The van der Waals surface area contributed by atoms with Crippen LogP contribution >= 0.6 is 11.9 Å². The van der Waals surface area contributed by atoms with Gasteiger partial charge in [0.2, 0.25) is 0 Å². The zero-order chi connectivity index (χ0) is 18.5. The van der Waals surface area contributed by atoms with Gasteiger partial charge in [-0.15, -0.1) is 0 Å². The molecule has 0 atom stereocenters. The Bertz CT molecular complexity index is 809. The van der Waals surface area contributed by atoms with Gasteiger partial charge in [0.15, 0.2) is 6.39 Å². The van der Waals surface area contributed by atoms with Crippen LogP contribution in [0.25, 0.3) is 0 Å². The fraction of sp³-hybridized carbons (Fsp3) is 0.529. The Morgan fingerprint density at radius 2 is 1.92 bits per heavy atom. The smallest absolute Gasteiger partial charge is 0.433 e. The molecule has 4 rings (SSSR count). The van der Waals surface area contributed by atoms with Crippen molar-refractivity contribution in [3.8, 4) is 0 Å². The molecule has 0 radical (unpaired) electrons. The van der Waals surface area contributed by atoms with E-state index < -0.39 is 11.9 Å². The predicted molar refractivity (Wildman–Crippen MR) is 90.4 cm³/mol. The van der Waals surface area contributed by atoms with Crippen LogP contribution in [0.5, 0.6) is 0 Å². The zero-order valence-electron chi connectivity index (χ0n) is 14.5. The first-order chi connectivity index (χ1) is 12.2. The summed E-state index contributed by atoms with van der Waals surface area (Å²) >= 11 is 1.49. The maximum atomic E-state index is 12.7. The monoisotopic (exact) mass is 384 g/mol. The lowest BCUT2D eigenvalue weighted by atomic mass is 9.74. The molecule has 0 aromatic carbocycles. The van der Waals surface area contributed by atoms with E-state index in [1.807, 2.05) is 6.92 Å². The molecule has 2 aromatic heterocycles. The van der Waals surface area contributed by atoms with E-state index >= 15 is 0 Å². The molecule has 2 fully saturated rings. The lowest BCUT2D eigenvalue weighted by Gasteiger charge is -2.59. The minimum Gasteiger partial charge on any atom is -0.448 e. The Balaban J connectivity index is 1.28. The quantitative estimate of drug-likeness (QED) is 0.752. The van der Waals surface area contributed by atoms with Gasteiger partial charge in [0.05, 0.1) is 11.4 Å². The SMILES string of the molecule is Cc1nc(C(F)(F)F)ccc1SN1CC2(CN(Cc3ncoc3C)C2)C1. The van der Waals surface area contributed by atoms with Gasteiger partial charge in [0.25, 0.3) is 0 Å². The average Bonchev–Trinajstić information content (AvgIpc) is 2.88. The van der Waals surface area contributed by atoms with Gasteiger partial charge in [-0.25, -0.2) is 14.3 Å². The van der Waals surface area contributed by atoms with E-state index in [1.165, 1.54) is 24.4 Å². The molecule has 2 saturated heterocycles. The van der Waals surface area contributed by atoms with Gasteiger partial charge in [-0.3, -0.25) is 4.90 Å². The van der Waals surface area contributed by atoms with Crippen molar-refractivity contribution in [3.63, 3.8) is 0 Å². The standard InChI is InChI=1S/C17H19F3N4OS/c1-11-14(3-4-15(22-11)17(18,19)20)26-24-8-16(9-24)6-23(7-16)5-13-12(2)25-10-21-13/h3-4,10H,5-9H2,1-2H3. The lowest BCUT2D eigenvalue weighted by molar-refractivity contribution is -0.141. The third-order valence-electron chi connectivity index (χ3n) is 4.91. The molecule has 2 aliphatic heterocycles. The molecule has 0 aliphatic carbocycles. The van der Waals surface area contributed by atoms with Crippen LogP contribution in [-0.2, 0) is 12.7 Å². The van der Waals surface area contributed by atoms with Gasteiger partial charge in [-0.1, -0.05) is 0 Å². The number of alkyl halides is 3. The van der Waals surface area contributed by atoms with Gasteiger partial charge in [-0.05, 0) is 37.9 Å². The van der Waals surface area contributed by atoms with Crippen LogP contribution in [0.2, 0.25) is 0 Å². The third kappa shape index (κ3) is 3.35. The van der Waals surface area contributed by atoms with E-state index in [9.17, 15) is 13.2 Å². The van der Waals surface area contributed by atoms with Crippen molar-refractivity contribution in [1.29, 1.82) is 0 Å². The second-order valence-electron chi connectivity index (χ2n) is 7.17. The van der Waals surface area contributed by atoms with Crippen LogP contribution in [0.1, 0.15) is 22.8 Å². The molecular formula is C17H19F3N4OS. The number of nitrogens with zero attached hydrogens (tertiary/aromatic N) is 4. The topological polar surface area (TPSA) is 45.4 Å². The highest BCUT2D eigenvalue weighted by Gasteiger charge is 2.52. The number of aryl methyl sites for hydroxylation is 2. The molecule has 0 N–H and O–H groups in total. The van der Waals surface area contributed by atoms with Crippen molar-refractivity contribution in [3.05, 3.63) is 41.4 Å². The number of hydrogen-bond acceptors (Lipinski definition) is 6. The Morgan fingerprint density at radius 3 is 2.50 bits per heavy atom. The number of rotatable bonds is 4. The minimum atomic E-state index is -4.40. The van der Waals surface area contributed by atoms with Gasteiger partial charge in [0, 0.05) is 43.0 Å². The number of oxazole rings is 1. The van der Waals surface area contributed by atoms with Crippen LogP contribution in [0.15, 0.2) is 27.8 Å². The van der Waals surface area contributed by atoms with Crippen molar-refractivity contribution in [1.82, 2.24) is 19.2 Å². The van der Waals surface area contributed by atoms with Gasteiger partial charge >= 0.3 is 6.18 Å². The summed E-state index contributed by atoms with van der Waals surface area (Å²) in [6, 6.07) is 2.57. The minimum absolute atomic E-state index is 0.303. The van der Waals surface area contributed by atoms with Crippen LogP contribution in [-0.4, -0.2) is 45.4 Å². The molecule has 4 heterocycles. The van der Waals surface area contributed by atoms with Crippen molar-refractivity contribution in [2.24, 2.45) is 5.41 Å². The Hall–Kier alpha value is -1.58. The molecular weight excluding hydrogens is 365 g/mol. The zero-order valence-corrected chi connectivity index (χ0v) is 15.3. The second kappa shape index (κ2) is 6.24. The van der Waals surface area contributed by atoms with E-state index in [1.54, 1.807) is 6.92 Å². The highest BCUT2D eigenvalue weighted by Crippen LogP contribution is 2.45. The first-order valence-corrected chi connectivity index (χ1v) is 9.11. The maximum absolute atomic E-state index is 12.7. The van der Waals surface area contributed by atoms with Gasteiger partial charge in [-0.2, -0.15) is 13.2 Å². The summed E-state index contributed by atoms with van der Waals surface area (Å²) in [4.78, 5) is 11.0. The van der Waals surface area contributed by atoms with Crippen LogP contribution in [0, 0.1) is 19.3 Å². The number of hydrogen-bond donors (Lipinski definition) is 0. The number of aromatic nitrogens is 2. The summed E-state index contributed by atoms with van der Waals surface area (Å²) in [5, 5.41) is 0. The van der Waals surface area contributed by atoms with Crippen LogP contribution in [0.4, 0.5) is 13.2 Å². The molecule has 2 aromatic rings. The molecule has 2 aliphatic rings. The molecule has 1 spiro atoms. The molecule has 0 amide bonds. The Labute approximate surface area is 153 Å². The maximum Gasteiger partial charge on any atom is 0.433 e. The molecule has 5 nitrogen and oxygen atoms in total. The summed E-state index contributed by atoms with van der Waals surface area (Å²) < 4.78 is 45.5. The van der Waals surface area contributed by atoms with Crippen molar-refractivity contribution < 1.29 is 17.6 Å². The van der Waals surface area contributed by atoms with E-state index in [2.05, 4.69) is 19.2 Å². The molecule has 0 saturated carbocycles. The van der Waals surface area contributed by atoms with E-state index in [0.717, 1.165) is 55.1 Å². The van der Waals surface area contributed by atoms with Crippen molar-refractivity contribution >= 4 is 11.9 Å². The second-order valence-corrected chi connectivity index (χ2v) is 8.31. The number of halogens is 3. The van der Waals surface area contributed by atoms with Crippen molar-refractivity contribution in [2.45, 2.75) is 31.5 Å². The lowest BCUT2D eigenvalue weighted by Crippen LogP contribution is -2.70. The molecule has 26 heavy (non-hydrogen) atoms. The highest BCUT2D eigenvalue weighted by molar-refractivity contribution is 7.97. The van der Waals surface area contributed by atoms with Gasteiger partial charge < -0.3 is 4.42 Å². The third-order valence-corrected chi connectivity index (χ3v) is 6.06. The Morgan fingerprint density at radius 1 is 1.19 bits per heavy atom. The average molecular weight is 384 g/mol. The highest BCUT2D eigenvalue weighted by atomic mass is 32.2. The number of likely N-dealkylation sites (tertiary alicyclic amines) is 1. The fourth-order valence-electron chi connectivity index (χ4n) is 3.61. The molecule has 140 valence electrons. The first kappa shape index (κ1) is 17.8. The van der Waals surface area contributed by atoms with Crippen LogP contribution < -0.4 is 0 Å². The molecule has 0 unspecified atom stereocenters. The fourth-order valence-corrected chi connectivity index (χ4v) is 4.88. The van der Waals surface area contributed by atoms with E-state index in [-0.39, 0.29) is 0 Å². The predicted octanol–water partition coefficient (Wildman–Crippen LogP) is 3.53. The summed E-state index contributed by atoms with van der Waals surface area (Å²) in [6.07, 6.45) is -2.92. The molecule has 0 bridgehead atoms. The largest absolute Gasteiger partial charge is 0.448 e. The summed E-state index contributed by atoms with van der Waals surface area (Å²) in [7, 11) is 0. The molecule has 9 heteroatoms.